The van der Waals surface area contributed by atoms with E-state index in [4.69, 9.17) is 47.2 Å². The number of hydrogen-bond donors (Lipinski definition) is 3. The van der Waals surface area contributed by atoms with Crippen LogP contribution in [-0.4, -0.2) is 52.2 Å². The van der Waals surface area contributed by atoms with Gasteiger partial charge in [-0.25, -0.2) is 0 Å². The molecule has 0 spiro atoms. The summed E-state index contributed by atoms with van der Waals surface area (Å²) in [6, 6.07) is 59.9. The topological polar surface area (TPSA) is 144 Å². The average molecular weight is 893 g/mol. The van der Waals surface area contributed by atoms with Crippen molar-refractivity contribution in [3.8, 4) is 0 Å². The van der Waals surface area contributed by atoms with Crippen molar-refractivity contribution in [2.24, 2.45) is 5.73 Å². The van der Waals surface area contributed by atoms with Crippen LogP contribution in [0.3, 0.4) is 0 Å². The molecule has 0 aliphatic carbocycles. The van der Waals surface area contributed by atoms with Crippen molar-refractivity contribution in [3.63, 3.8) is 0 Å². The number of aromatic nitrogens is 3. The Kier molecular flexibility index (Phi) is 17.4. The Morgan fingerprint density at radius 1 is 0.422 bits per heavy atom. The molecule has 1 heterocycles. The standard InChI is InChI=1S/C50H56N6O6Si2/c1-41(63(57-35-42-20-8-2-9-21-42,58-36-43-22-10-3-11-23-43)59-37-44-24-12-4-13-25-44)34-53-49-54-48(52-33-32-51)55-50(56-49)64(60-38-45-26-14-5-15-27-45,61-39-46-28-16-6-17-29-46)62-40-47-30-18-7-19-31-47/h2-31,41H,32-40,51H2,1H3,(H2,52,53,54,55,56). The lowest BCUT2D eigenvalue weighted by molar-refractivity contribution is 0.0356. The quantitative estimate of drug-likeness (QED) is 0.0449. The zero-order valence-electron chi connectivity index (χ0n) is 36.1. The highest BCUT2D eigenvalue weighted by Crippen LogP contribution is 2.30. The van der Waals surface area contributed by atoms with Crippen LogP contribution in [0.1, 0.15) is 40.3 Å². The van der Waals surface area contributed by atoms with E-state index in [1.54, 1.807) is 0 Å². The summed E-state index contributed by atoms with van der Waals surface area (Å²) in [5.74, 6) is 0.571. The molecule has 1 aromatic heterocycles. The molecule has 0 fully saturated rings. The van der Waals surface area contributed by atoms with E-state index in [0.717, 1.165) is 33.4 Å². The van der Waals surface area contributed by atoms with Crippen LogP contribution in [0.5, 0.6) is 0 Å². The second-order valence-corrected chi connectivity index (χ2v) is 20.6. The number of nitrogens with zero attached hydrogens (tertiary/aromatic N) is 3. The van der Waals surface area contributed by atoms with Crippen molar-refractivity contribution in [2.45, 2.75) is 52.1 Å². The Balaban J connectivity index is 1.24. The molecule has 330 valence electrons. The van der Waals surface area contributed by atoms with Gasteiger partial charge >= 0.3 is 17.6 Å². The molecule has 0 saturated heterocycles. The Hall–Kier alpha value is -5.92. The van der Waals surface area contributed by atoms with Crippen LogP contribution in [-0.2, 0) is 66.2 Å². The molecule has 0 saturated carbocycles. The van der Waals surface area contributed by atoms with Crippen LogP contribution in [0, 0.1) is 0 Å². The fraction of sp³-hybridized carbons (Fsp3) is 0.220. The molecule has 7 rings (SSSR count). The number of nitrogens with one attached hydrogen (secondary N) is 2. The largest absolute Gasteiger partial charge is 0.577 e. The van der Waals surface area contributed by atoms with Gasteiger partial charge in [-0.05, 0) is 33.4 Å². The first-order chi connectivity index (χ1) is 31.5. The molecular formula is C50H56N6O6Si2. The summed E-state index contributed by atoms with van der Waals surface area (Å²) in [6.07, 6.45) is 0. The summed E-state index contributed by atoms with van der Waals surface area (Å²) in [5, 5.41) is 6.78. The molecule has 64 heavy (non-hydrogen) atoms. The maximum absolute atomic E-state index is 6.91. The van der Waals surface area contributed by atoms with Crippen LogP contribution in [0.4, 0.5) is 11.9 Å². The van der Waals surface area contributed by atoms with Gasteiger partial charge in [0.25, 0.3) is 0 Å². The van der Waals surface area contributed by atoms with Gasteiger partial charge in [0.05, 0.1) is 39.6 Å². The van der Waals surface area contributed by atoms with E-state index in [2.05, 4.69) is 17.6 Å². The Bertz CT molecular complexity index is 2170. The molecule has 1 unspecified atom stereocenters. The van der Waals surface area contributed by atoms with Crippen LogP contribution in [0.15, 0.2) is 182 Å². The summed E-state index contributed by atoms with van der Waals surface area (Å²) >= 11 is 0. The minimum absolute atomic E-state index is 0.193. The highest BCUT2D eigenvalue weighted by molar-refractivity contribution is 6.73. The molecule has 6 aromatic carbocycles. The maximum Gasteiger partial charge on any atom is 0.577 e. The predicted octanol–water partition coefficient (Wildman–Crippen LogP) is 8.43. The molecule has 0 radical (unpaired) electrons. The molecule has 7 aromatic rings. The molecule has 0 amide bonds. The lowest BCUT2D eigenvalue weighted by atomic mass is 10.2. The van der Waals surface area contributed by atoms with E-state index in [0.29, 0.717) is 45.4 Å². The van der Waals surface area contributed by atoms with Crippen LogP contribution < -0.4 is 21.8 Å². The molecule has 0 aliphatic rings. The maximum atomic E-state index is 6.91. The van der Waals surface area contributed by atoms with Crippen molar-refractivity contribution < 1.29 is 26.6 Å². The second-order valence-electron chi connectivity index (χ2n) is 15.1. The van der Waals surface area contributed by atoms with Crippen molar-refractivity contribution in [3.05, 3.63) is 215 Å². The number of benzene rings is 6. The average Bonchev–Trinajstić information content (AvgIpc) is 3.36. The first-order valence-corrected chi connectivity index (χ1v) is 25.1. The number of rotatable bonds is 26. The summed E-state index contributed by atoms with van der Waals surface area (Å²) in [7, 11) is -7.57. The van der Waals surface area contributed by atoms with E-state index >= 15 is 0 Å². The van der Waals surface area contributed by atoms with E-state index in [-0.39, 0.29) is 36.8 Å². The summed E-state index contributed by atoms with van der Waals surface area (Å²) in [5.41, 5.74) is 11.8. The Morgan fingerprint density at radius 3 is 1.03 bits per heavy atom. The fourth-order valence-corrected chi connectivity index (χ4v) is 11.4. The van der Waals surface area contributed by atoms with Gasteiger partial charge in [-0.3, -0.25) is 0 Å². The molecule has 4 N–H and O–H groups in total. The highest BCUT2D eigenvalue weighted by Gasteiger charge is 2.50. The van der Waals surface area contributed by atoms with Crippen molar-refractivity contribution in [1.82, 2.24) is 15.0 Å². The lowest BCUT2D eigenvalue weighted by Gasteiger charge is -2.35. The van der Waals surface area contributed by atoms with Gasteiger partial charge in [0, 0.05) is 25.2 Å². The van der Waals surface area contributed by atoms with Crippen molar-refractivity contribution in [2.75, 3.05) is 30.3 Å². The summed E-state index contributed by atoms with van der Waals surface area (Å²) in [6.45, 7) is 4.64. The normalized spacial score (nSPS) is 12.2. The third-order valence-electron chi connectivity index (χ3n) is 10.2. The number of nitrogens with two attached hydrogens (primary N) is 1. The van der Waals surface area contributed by atoms with Crippen molar-refractivity contribution in [1.29, 1.82) is 0 Å². The highest BCUT2D eigenvalue weighted by atomic mass is 28.4. The van der Waals surface area contributed by atoms with Crippen LogP contribution >= 0.6 is 0 Å². The molecule has 1 atom stereocenters. The smallest absolute Gasteiger partial charge is 0.369 e. The predicted molar refractivity (Wildman–Crippen MR) is 254 cm³/mol. The van der Waals surface area contributed by atoms with Gasteiger partial charge in [0.15, 0.2) is 0 Å². The first kappa shape index (κ1) is 46.1. The second kappa shape index (κ2) is 24.2. The first-order valence-electron chi connectivity index (χ1n) is 21.5. The van der Waals surface area contributed by atoms with E-state index in [9.17, 15) is 0 Å². The minimum Gasteiger partial charge on any atom is -0.369 e. The van der Waals surface area contributed by atoms with Gasteiger partial charge in [0.2, 0.25) is 17.3 Å². The van der Waals surface area contributed by atoms with Gasteiger partial charge in [0.1, 0.15) is 0 Å². The van der Waals surface area contributed by atoms with Crippen LogP contribution in [0.2, 0.25) is 5.54 Å². The van der Waals surface area contributed by atoms with Crippen molar-refractivity contribution >= 4 is 35.0 Å². The third kappa shape index (κ3) is 13.8. The van der Waals surface area contributed by atoms with Gasteiger partial charge < -0.3 is 42.9 Å². The van der Waals surface area contributed by atoms with Gasteiger partial charge in [-0.2, -0.15) is 15.0 Å². The Morgan fingerprint density at radius 2 is 0.719 bits per heavy atom. The van der Waals surface area contributed by atoms with E-state index < -0.39 is 17.6 Å². The Labute approximate surface area is 378 Å². The molecule has 0 bridgehead atoms. The van der Waals surface area contributed by atoms with E-state index in [1.807, 2.05) is 182 Å². The number of hydrogen-bond acceptors (Lipinski definition) is 12. The zero-order chi connectivity index (χ0) is 44.1. The fourth-order valence-electron chi connectivity index (χ4n) is 6.63. The van der Waals surface area contributed by atoms with E-state index in [1.165, 1.54) is 0 Å². The molecule has 0 aliphatic heterocycles. The molecule has 12 nitrogen and oxygen atoms in total. The molecular weight excluding hydrogens is 837 g/mol. The lowest BCUT2D eigenvalue weighted by Crippen LogP contribution is -2.59. The monoisotopic (exact) mass is 892 g/mol. The SMILES string of the molecule is CC(CNc1nc(NCCN)nc([Si](OCc2ccccc2)(OCc2ccccc2)OCc2ccccc2)n1)[Si](OCc1ccccc1)(OCc1ccccc1)OCc1ccccc1. The number of anilines is 2. The van der Waals surface area contributed by atoms with Gasteiger partial charge in [-0.1, -0.05) is 189 Å². The molecule has 14 heteroatoms. The summed E-state index contributed by atoms with van der Waals surface area (Å²) < 4.78 is 41.3. The minimum atomic E-state index is -4.00. The third-order valence-corrected chi connectivity index (χ3v) is 15.6. The summed E-state index contributed by atoms with van der Waals surface area (Å²) in [4.78, 5) is 14.8. The van der Waals surface area contributed by atoms with Gasteiger partial charge in [-0.15, -0.1) is 0 Å². The van der Waals surface area contributed by atoms with Crippen LogP contribution in [0.25, 0.3) is 0 Å². The zero-order valence-corrected chi connectivity index (χ0v) is 38.1.